The Kier molecular flexibility index (Phi) is 6.00. The van der Waals surface area contributed by atoms with Crippen molar-refractivity contribution in [3.63, 3.8) is 0 Å². The molecular weight excluding hydrogens is 264 g/mol. The van der Waals surface area contributed by atoms with E-state index in [1.807, 2.05) is 19.9 Å². The van der Waals surface area contributed by atoms with E-state index in [0.29, 0.717) is 19.4 Å². The van der Waals surface area contributed by atoms with Crippen LogP contribution in [0.4, 0.5) is 0 Å². The Hall–Kier alpha value is -0.880. The fourth-order valence-corrected chi connectivity index (χ4v) is 2.87. The largest absolute Gasteiger partial charge is 0.387 e. The summed E-state index contributed by atoms with van der Waals surface area (Å²) >= 11 is 0. The second-order valence-corrected chi connectivity index (χ2v) is 7.10. The van der Waals surface area contributed by atoms with Crippen LogP contribution < -0.4 is 0 Å². The van der Waals surface area contributed by atoms with E-state index in [1.54, 1.807) is 11.6 Å². The highest BCUT2D eigenvalue weighted by molar-refractivity contribution is 7.91. The molecule has 0 amide bonds. The SMILES string of the molecule is CCc1cc(C(O)CCCS(=O)(=O)CC)n(CC)n1. The van der Waals surface area contributed by atoms with Crippen LogP contribution in [0.25, 0.3) is 0 Å². The van der Waals surface area contributed by atoms with Crippen molar-refractivity contribution in [2.45, 2.75) is 52.7 Å². The van der Waals surface area contributed by atoms with Gasteiger partial charge < -0.3 is 5.11 Å². The summed E-state index contributed by atoms with van der Waals surface area (Å²) in [5, 5.41) is 14.5. The first kappa shape index (κ1) is 16.2. The lowest BCUT2D eigenvalue weighted by Crippen LogP contribution is -2.12. The van der Waals surface area contributed by atoms with Gasteiger partial charge in [0.25, 0.3) is 0 Å². The summed E-state index contributed by atoms with van der Waals surface area (Å²) in [5.74, 6) is 0.303. The van der Waals surface area contributed by atoms with E-state index < -0.39 is 15.9 Å². The zero-order chi connectivity index (χ0) is 14.5. The van der Waals surface area contributed by atoms with Crippen LogP contribution in [0.5, 0.6) is 0 Å². The van der Waals surface area contributed by atoms with Gasteiger partial charge in [-0.3, -0.25) is 4.68 Å². The van der Waals surface area contributed by atoms with Gasteiger partial charge in [0.15, 0.2) is 0 Å². The minimum absolute atomic E-state index is 0.140. The van der Waals surface area contributed by atoms with Gasteiger partial charge in [0.2, 0.25) is 0 Å². The predicted octanol–water partition coefficient (Wildman–Crippen LogP) is 1.71. The third-order valence-electron chi connectivity index (χ3n) is 3.24. The molecule has 0 aliphatic rings. The molecule has 0 saturated carbocycles. The lowest BCUT2D eigenvalue weighted by Gasteiger charge is -2.12. The Morgan fingerprint density at radius 3 is 2.58 bits per heavy atom. The summed E-state index contributed by atoms with van der Waals surface area (Å²) in [6.07, 6.45) is 1.12. The van der Waals surface area contributed by atoms with Crippen molar-refractivity contribution in [1.82, 2.24) is 9.78 Å². The van der Waals surface area contributed by atoms with Gasteiger partial charge in [-0.05, 0) is 32.3 Å². The van der Waals surface area contributed by atoms with E-state index in [1.165, 1.54) is 0 Å². The van der Waals surface area contributed by atoms with Crippen LogP contribution >= 0.6 is 0 Å². The molecule has 1 rings (SSSR count). The summed E-state index contributed by atoms with van der Waals surface area (Å²) in [6.45, 7) is 6.35. The maximum Gasteiger partial charge on any atom is 0.150 e. The van der Waals surface area contributed by atoms with E-state index >= 15 is 0 Å². The monoisotopic (exact) mass is 288 g/mol. The van der Waals surface area contributed by atoms with Gasteiger partial charge >= 0.3 is 0 Å². The average Bonchev–Trinajstić information content (AvgIpc) is 2.81. The molecule has 0 aromatic carbocycles. The second-order valence-electron chi connectivity index (χ2n) is 4.62. The van der Waals surface area contributed by atoms with Crippen LogP contribution in [-0.4, -0.2) is 34.8 Å². The number of aromatic nitrogens is 2. The van der Waals surface area contributed by atoms with Crippen molar-refractivity contribution in [2.75, 3.05) is 11.5 Å². The lowest BCUT2D eigenvalue weighted by molar-refractivity contribution is 0.156. The molecule has 0 aliphatic heterocycles. The molecule has 1 N–H and O–H groups in total. The van der Waals surface area contributed by atoms with Crippen molar-refractivity contribution >= 4 is 9.84 Å². The molecule has 0 radical (unpaired) electrons. The normalized spacial score (nSPS) is 13.7. The summed E-state index contributed by atoms with van der Waals surface area (Å²) in [7, 11) is -2.95. The van der Waals surface area contributed by atoms with E-state index in [-0.39, 0.29) is 11.5 Å². The number of aliphatic hydroxyl groups is 1. The second kappa shape index (κ2) is 7.05. The summed E-state index contributed by atoms with van der Waals surface area (Å²) in [5.41, 5.74) is 1.74. The van der Waals surface area contributed by atoms with Crippen molar-refractivity contribution in [1.29, 1.82) is 0 Å². The zero-order valence-electron chi connectivity index (χ0n) is 12.0. The summed E-state index contributed by atoms with van der Waals surface area (Å²) in [6, 6.07) is 1.91. The molecular formula is C13H24N2O3S. The molecule has 0 saturated heterocycles. The van der Waals surface area contributed by atoms with Crippen LogP contribution in [0.3, 0.4) is 0 Å². The average molecular weight is 288 g/mol. The summed E-state index contributed by atoms with van der Waals surface area (Å²) in [4.78, 5) is 0. The number of rotatable bonds is 8. The highest BCUT2D eigenvalue weighted by atomic mass is 32.2. The minimum Gasteiger partial charge on any atom is -0.387 e. The predicted molar refractivity (Wildman–Crippen MR) is 75.8 cm³/mol. The van der Waals surface area contributed by atoms with Crippen LogP contribution in [0.15, 0.2) is 6.07 Å². The molecule has 0 bridgehead atoms. The van der Waals surface area contributed by atoms with Gasteiger partial charge in [-0.15, -0.1) is 0 Å². The Bertz CT molecular complexity index is 494. The Balaban J connectivity index is 2.63. The lowest BCUT2D eigenvalue weighted by atomic mass is 10.1. The van der Waals surface area contributed by atoms with Crippen LogP contribution in [0, 0.1) is 0 Å². The molecule has 19 heavy (non-hydrogen) atoms. The molecule has 110 valence electrons. The van der Waals surface area contributed by atoms with Gasteiger partial charge in [-0.1, -0.05) is 13.8 Å². The molecule has 1 heterocycles. The number of hydrogen-bond acceptors (Lipinski definition) is 4. The first-order chi connectivity index (χ1) is 8.93. The topological polar surface area (TPSA) is 72.2 Å². The van der Waals surface area contributed by atoms with E-state index in [4.69, 9.17) is 0 Å². The first-order valence-corrected chi connectivity index (χ1v) is 8.70. The third-order valence-corrected chi connectivity index (χ3v) is 5.03. The molecule has 0 spiro atoms. The molecule has 6 heteroatoms. The van der Waals surface area contributed by atoms with Crippen molar-refractivity contribution in [3.8, 4) is 0 Å². The molecule has 1 unspecified atom stereocenters. The maximum absolute atomic E-state index is 11.4. The number of nitrogens with zero attached hydrogens (tertiary/aromatic N) is 2. The third kappa shape index (κ3) is 4.62. The van der Waals surface area contributed by atoms with Crippen molar-refractivity contribution in [2.24, 2.45) is 0 Å². The fraction of sp³-hybridized carbons (Fsp3) is 0.769. The van der Waals surface area contributed by atoms with Gasteiger partial charge in [0, 0.05) is 12.3 Å². The highest BCUT2D eigenvalue weighted by Gasteiger charge is 2.16. The van der Waals surface area contributed by atoms with Crippen LogP contribution in [0.2, 0.25) is 0 Å². The van der Waals surface area contributed by atoms with E-state index in [9.17, 15) is 13.5 Å². The zero-order valence-corrected chi connectivity index (χ0v) is 12.8. The number of aliphatic hydroxyl groups excluding tert-OH is 1. The Morgan fingerprint density at radius 2 is 2.05 bits per heavy atom. The molecule has 0 fully saturated rings. The van der Waals surface area contributed by atoms with Gasteiger partial charge in [-0.25, -0.2) is 8.42 Å². The highest BCUT2D eigenvalue weighted by Crippen LogP contribution is 2.20. The van der Waals surface area contributed by atoms with Gasteiger partial charge in [0.1, 0.15) is 9.84 Å². The molecule has 1 atom stereocenters. The summed E-state index contributed by atoms with van der Waals surface area (Å²) < 4.78 is 24.6. The Labute approximate surface area is 115 Å². The first-order valence-electron chi connectivity index (χ1n) is 6.88. The Morgan fingerprint density at radius 1 is 1.37 bits per heavy atom. The van der Waals surface area contributed by atoms with Gasteiger partial charge in [-0.2, -0.15) is 5.10 Å². The molecule has 5 nitrogen and oxygen atoms in total. The molecule has 1 aromatic heterocycles. The minimum atomic E-state index is -2.95. The smallest absolute Gasteiger partial charge is 0.150 e. The fourth-order valence-electron chi connectivity index (χ4n) is 1.97. The molecule has 1 aromatic rings. The number of hydrogen-bond donors (Lipinski definition) is 1. The quantitative estimate of drug-likeness (QED) is 0.790. The van der Waals surface area contributed by atoms with E-state index in [2.05, 4.69) is 5.10 Å². The number of sulfone groups is 1. The van der Waals surface area contributed by atoms with Gasteiger partial charge in [0.05, 0.1) is 23.2 Å². The maximum atomic E-state index is 11.4. The molecule has 0 aliphatic carbocycles. The standard InChI is InChI=1S/C13H24N2O3S/c1-4-11-10-12(15(5-2)14-11)13(16)8-7-9-19(17,18)6-3/h10,13,16H,4-9H2,1-3H3. The number of aryl methyl sites for hydroxylation is 2. The van der Waals surface area contributed by atoms with Crippen molar-refractivity contribution < 1.29 is 13.5 Å². The van der Waals surface area contributed by atoms with Crippen LogP contribution in [0.1, 0.15) is 51.1 Å². The van der Waals surface area contributed by atoms with Crippen molar-refractivity contribution in [3.05, 3.63) is 17.5 Å². The van der Waals surface area contributed by atoms with E-state index in [0.717, 1.165) is 17.8 Å². The van der Waals surface area contributed by atoms with Crippen LogP contribution in [-0.2, 0) is 22.8 Å².